The number of nitrogens with zero attached hydrogens (tertiary/aromatic N) is 3. The lowest BCUT2D eigenvalue weighted by Crippen LogP contribution is -2.41. The van der Waals surface area contributed by atoms with E-state index in [4.69, 9.17) is 9.72 Å². The van der Waals surface area contributed by atoms with Gasteiger partial charge in [0.2, 0.25) is 0 Å². The molecule has 0 bridgehead atoms. The van der Waals surface area contributed by atoms with Crippen LogP contribution in [0, 0.1) is 0 Å². The van der Waals surface area contributed by atoms with Gasteiger partial charge in [0.05, 0.1) is 19.1 Å². The molecule has 1 aromatic heterocycles. The number of carbonyl (C=O) groups is 1. The van der Waals surface area contributed by atoms with E-state index >= 15 is 0 Å². The molecule has 0 radical (unpaired) electrons. The molecule has 3 aromatic carbocycles. The van der Waals surface area contributed by atoms with E-state index in [0.717, 1.165) is 48.3 Å². The Bertz CT molecular complexity index is 1140. The number of ether oxygens (including phenoxy) is 1. The summed E-state index contributed by atoms with van der Waals surface area (Å²) in [4.78, 5) is 19.7. The van der Waals surface area contributed by atoms with Crippen LogP contribution < -0.4 is 0 Å². The monoisotopic (exact) mass is 465 g/mol. The van der Waals surface area contributed by atoms with Crippen LogP contribution in [0.15, 0.2) is 104 Å². The van der Waals surface area contributed by atoms with Crippen LogP contribution in [0.2, 0.25) is 0 Å². The predicted octanol–water partition coefficient (Wildman–Crippen LogP) is 4.90. The minimum absolute atomic E-state index is 0.193. The van der Waals surface area contributed by atoms with Gasteiger partial charge in [0.25, 0.3) is 0 Å². The lowest BCUT2D eigenvalue weighted by Gasteiger charge is -2.37. The maximum absolute atomic E-state index is 12.7. The summed E-state index contributed by atoms with van der Waals surface area (Å²) in [6.07, 6.45) is 6.75. The van der Waals surface area contributed by atoms with Crippen molar-refractivity contribution in [3.05, 3.63) is 126 Å². The summed E-state index contributed by atoms with van der Waals surface area (Å²) in [5.41, 5.74) is 3.70. The van der Waals surface area contributed by atoms with Crippen molar-refractivity contribution in [2.24, 2.45) is 0 Å². The molecule has 0 unspecified atom stereocenters. The Hall–Kier alpha value is -3.70. The highest BCUT2D eigenvalue weighted by Gasteiger charge is 2.39. The fourth-order valence-corrected chi connectivity index (χ4v) is 5.39. The minimum atomic E-state index is -0.608. The number of imidazole rings is 1. The zero-order chi connectivity index (χ0) is 24.1. The Morgan fingerprint density at radius 2 is 1.34 bits per heavy atom. The number of hydrogen-bond acceptors (Lipinski definition) is 4. The molecule has 5 nitrogen and oxygen atoms in total. The molecule has 5 heteroatoms. The summed E-state index contributed by atoms with van der Waals surface area (Å²) in [6, 6.07) is 31.3. The molecule has 0 saturated carbocycles. The molecule has 35 heavy (non-hydrogen) atoms. The van der Waals surface area contributed by atoms with E-state index in [9.17, 15) is 4.79 Å². The summed E-state index contributed by atoms with van der Waals surface area (Å²) in [5.74, 6) is -0.193. The molecule has 0 amide bonds. The summed E-state index contributed by atoms with van der Waals surface area (Å²) >= 11 is 0. The van der Waals surface area contributed by atoms with Crippen molar-refractivity contribution in [1.29, 1.82) is 0 Å². The average Bonchev–Trinajstić information content (AvgIpc) is 3.62. The molecule has 1 saturated heterocycles. The molecule has 0 aliphatic carbocycles. The second-order valence-corrected chi connectivity index (χ2v) is 9.07. The molecule has 0 N–H and O–H groups in total. The van der Waals surface area contributed by atoms with E-state index in [1.54, 1.807) is 0 Å². The smallest absolute Gasteiger partial charge is 0.323 e. The quantitative estimate of drug-likeness (QED) is 0.274. The zero-order valence-corrected chi connectivity index (χ0v) is 20.1. The fraction of sp³-hybridized carbons (Fsp3) is 0.267. The highest BCUT2D eigenvalue weighted by Crippen LogP contribution is 2.40. The van der Waals surface area contributed by atoms with Crippen LogP contribution in [0.5, 0.6) is 0 Å². The van der Waals surface area contributed by atoms with Gasteiger partial charge in [-0.25, -0.2) is 4.98 Å². The summed E-state index contributed by atoms with van der Waals surface area (Å²) in [7, 11) is 1.47. The van der Waals surface area contributed by atoms with Crippen LogP contribution in [0.3, 0.4) is 0 Å². The van der Waals surface area contributed by atoms with Crippen LogP contribution >= 0.6 is 0 Å². The first-order valence-corrected chi connectivity index (χ1v) is 12.3. The second kappa shape index (κ2) is 10.3. The van der Waals surface area contributed by atoms with Gasteiger partial charge < -0.3 is 9.30 Å². The maximum atomic E-state index is 12.7. The van der Waals surface area contributed by atoms with Gasteiger partial charge >= 0.3 is 5.97 Å². The Morgan fingerprint density at radius 1 is 0.857 bits per heavy atom. The van der Waals surface area contributed by atoms with Crippen LogP contribution in [0.4, 0.5) is 0 Å². The van der Waals surface area contributed by atoms with Crippen molar-refractivity contribution >= 4 is 5.97 Å². The van der Waals surface area contributed by atoms with Crippen molar-refractivity contribution in [2.45, 2.75) is 30.8 Å². The number of rotatable bonds is 8. The fourth-order valence-electron chi connectivity index (χ4n) is 5.39. The first kappa shape index (κ1) is 23.1. The molecular formula is C30H31N3O2. The van der Waals surface area contributed by atoms with Crippen LogP contribution in [-0.4, -0.2) is 46.7 Å². The SMILES string of the molecule is COC(=O)[C@H](Cc1cn(C(c2ccccc2)(c2ccccc2)c2ccccc2)cn1)N1CCCC1. The van der Waals surface area contributed by atoms with Gasteiger partial charge in [-0.2, -0.15) is 0 Å². The number of hydrogen-bond donors (Lipinski definition) is 0. The van der Waals surface area contributed by atoms with Crippen molar-refractivity contribution < 1.29 is 9.53 Å². The minimum Gasteiger partial charge on any atom is -0.468 e. The molecule has 2 heterocycles. The number of likely N-dealkylation sites (tertiary alicyclic amines) is 1. The molecule has 0 spiro atoms. The number of aromatic nitrogens is 2. The third-order valence-corrected chi connectivity index (χ3v) is 7.06. The molecule has 4 aromatic rings. The molecule has 1 aliphatic rings. The molecule has 1 atom stereocenters. The Kier molecular flexibility index (Phi) is 6.77. The summed E-state index contributed by atoms with van der Waals surface area (Å²) < 4.78 is 7.36. The van der Waals surface area contributed by atoms with Gasteiger partial charge in [-0.15, -0.1) is 0 Å². The Morgan fingerprint density at radius 3 is 1.80 bits per heavy atom. The number of methoxy groups -OCH3 is 1. The number of esters is 1. The van der Waals surface area contributed by atoms with Crippen molar-refractivity contribution in [3.8, 4) is 0 Å². The third-order valence-electron chi connectivity index (χ3n) is 7.06. The topological polar surface area (TPSA) is 47.4 Å². The third kappa shape index (κ3) is 4.40. The van der Waals surface area contributed by atoms with Crippen LogP contribution in [0.1, 0.15) is 35.2 Å². The van der Waals surface area contributed by atoms with Crippen molar-refractivity contribution in [1.82, 2.24) is 14.5 Å². The van der Waals surface area contributed by atoms with Gasteiger partial charge in [0.1, 0.15) is 11.6 Å². The van der Waals surface area contributed by atoms with E-state index in [1.807, 2.05) is 24.5 Å². The van der Waals surface area contributed by atoms with Crippen molar-refractivity contribution in [2.75, 3.05) is 20.2 Å². The van der Waals surface area contributed by atoms with E-state index < -0.39 is 5.54 Å². The van der Waals surface area contributed by atoms with Gasteiger partial charge in [0.15, 0.2) is 0 Å². The first-order chi connectivity index (χ1) is 17.2. The first-order valence-electron chi connectivity index (χ1n) is 12.3. The number of benzene rings is 3. The zero-order valence-electron chi connectivity index (χ0n) is 20.1. The van der Waals surface area contributed by atoms with E-state index in [-0.39, 0.29) is 12.0 Å². The number of carbonyl (C=O) groups excluding carboxylic acids is 1. The highest BCUT2D eigenvalue weighted by atomic mass is 16.5. The van der Waals surface area contributed by atoms with Gasteiger partial charge in [0, 0.05) is 12.6 Å². The van der Waals surface area contributed by atoms with Crippen LogP contribution in [0.25, 0.3) is 0 Å². The largest absolute Gasteiger partial charge is 0.468 e. The van der Waals surface area contributed by atoms with Gasteiger partial charge in [-0.05, 0) is 42.6 Å². The van der Waals surface area contributed by atoms with Gasteiger partial charge in [-0.1, -0.05) is 91.0 Å². The standard InChI is InChI=1S/C30H31N3O2/c1-35-29(34)28(32-19-11-12-20-32)21-27-22-33(23-31-27)30(24-13-5-2-6-14-24,25-15-7-3-8-16-25)26-17-9-4-10-18-26/h2-10,13-18,22-23,28H,11-12,19-21H2,1H3/t28-/m0/s1. The van der Waals surface area contributed by atoms with Crippen LogP contribution in [-0.2, 0) is 21.5 Å². The lowest BCUT2D eigenvalue weighted by molar-refractivity contribution is -0.146. The molecule has 5 rings (SSSR count). The highest BCUT2D eigenvalue weighted by molar-refractivity contribution is 5.76. The Balaban J connectivity index is 1.64. The van der Waals surface area contributed by atoms with Crippen molar-refractivity contribution in [3.63, 3.8) is 0 Å². The molecule has 1 fully saturated rings. The van der Waals surface area contributed by atoms with Gasteiger partial charge in [-0.3, -0.25) is 9.69 Å². The van der Waals surface area contributed by atoms with E-state index in [1.165, 1.54) is 7.11 Å². The molecule has 1 aliphatic heterocycles. The lowest BCUT2D eigenvalue weighted by atomic mass is 9.77. The molecule has 178 valence electrons. The average molecular weight is 466 g/mol. The van der Waals surface area contributed by atoms with E-state index in [2.05, 4.69) is 88.5 Å². The predicted molar refractivity (Wildman–Crippen MR) is 137 cm³/mol. The Labute approximate surface area is 207 Å². The molecular weight excluding hydrogens is 434 g/mol. The van der Waals surface area contributed by atoms with E-state index in [0.29, 0.717) is 6.42 Å². The summed E-state index contributed by atoms with van der Waals surface area (Å²) in [5, 5.41) is 0. The summed E-state index contributed by atoms with van der Waals surface area (Å²) in [6.45, 7) is 1.84. The normalized spacial score (nSPS) is 15.1. The second-order valence-electron chi connectivity index (χ2n) is 9.07. The maximum Gasteiger partial charge on any atom is 0.323 e.